The molecule has 0 saturated heterocycles. The summed E-state index contributed by atoms with van der Waals surface area (Å²) >= 11 is 5.87. The number of rotatable bonds is 3. The van der Waals surface area contributed by atoms with Crippen molar-refractivity contribution in [3.05, 3.63) is 41.6 Å². The van der Waals surface area contributed by atoms with E-state index in [0.29, 0.717) is 0 Å². The highest BCUT2D eigenvalue weighted by Crippen LogP contribution is 2.17. The van der Waals surface area contributed by atoms with Crippen LogP contribution in [0.1, 0.15) is 0 Å². The number of nitrogens with one attached hydrogen (secondary N) is 1. The second-order valence-corrected chi connectivity index (χ2v) is 8.10. The number of hydrogen-bond acceptors (Lipinski definition) is 1. The van der Waals surface area contributed by atoms with Crippen LogP contribution in [-0.2, 0) is 0 Å². The maximum Gasteiger partial charge on any atom is 0.171 e. The van der Waals surface area contributed by atoms with Crippen molar-refractivity contribution in [3.63, 3.8) is 0 Å². The molecule has 1 N–H and O–H groups in total. The highest BCUT2D eigenvalue weighted by molar-refractivity contribution is 6.84. The maximum atomic E-state index is 5.87. The number of hydrogen-bond donors (Lipinski definition) is 1. The summed E-state index contributed by atoms with van der Waals surface area (Å²) in [5.41, 5.74) is 3.08. The Balaban J connectivity index is 2.80. The van der Waals surface area contributed by atoms with Crippen LogP contribution in [-0.4, -0.2) is 8.24 Å². The third-order valence-corrected chi connectivity index (χ3v) is 3.99. The molecule has 3 heteroatoms. The summed E-state index contributed by atoms with van der Waals surface area (Å²) in [4.78, 5) is 3.45. The van der Waals surface area contributed by atoms with E-state index in [-0.39, 0.29) is 0 Å². The summed E-state index contributed by atoms with van der Waals surface area (Å²) in [5, 5.41) is 0.763. The molecule has 0 amide bonds. The van der Waals surface area contributed by atoms with Gasteiger partial charge in [0.25, 0.3) is 0 Å². The molecule has 0 heterocycles. The zero-order valence-electron chi connectivity index (χ0n) is 7.97. The third-order valence-electron chi connectivity index (χ3n) is 1.80. The van der Waals surface area contributed by atoms with Gasteiger partial charge in [0.1, 0.15) is 0 Å². The molecule has 1 nitrogen and oxygen atoms in total. The van der Waals surface area contributed by atoms with Gasteiger partial charge in [-0.05, 0) is 31.3 Å². The molecule has 0 aliphatic rings. The lowest BCUT2D eigenvalue weighted by molar-refractivity contribution is 1.60. The van der Waals surface area contributed by atoms with Gasteiger partial charge >= 0.3 is 0 Å². The van der Waals surface area contributed by atoms with Crippen molar-refractivity contribution in [2.75, 3.05) is 4.98 Å². The molecule has 0 fully saturated rings. The quantitative estimate of drug-likeness (QED) is 0.753. The maximum absolute atomic E-state index is 5.87. The summed E-state index contributed by atoms with van der Waals surface area (Å²) in [7, 11) is -1.49. The first-order chi connectivity index (χ1) is 6.03. The van der Waals surface area contributed by atoms with Crippen molar-refractivity contribution in [3.8, 4) is 0 Å². The molecular formula is C10H14ClNSi. The lowest BCUT2D eigenvalue weighted by Gasteiger charge is -2.20. The number of benzene rings is 1. The largest absolute Gasteiger partial charge is 0.407 e. The Hall–Kier alpha value is -0.733. The van der Waals surface area contributed by atoms with Crippen LogP contribution < -0.4 is 4.98 Å². The first-order valence-corrected chi connectivity index (χ1v) is 7.66. The molecule has 0 radical (unpaired) electrons. The van der Waals surface area contributed by atoms with Gasteiger partial charge in [0.2, 0.25) is 0 Å². The molecule has 0 atom stereocenters. The first-order valence-electron chi connectivity index (χ1n) is 4.21. The van der Waals surface area contributed by atoms with Crippen LogP contribution in [0.4, 0.5) is 5.69 Å². The predicted molar refractivity (Wildman–Crippen MR) is 62.8 cm³/mol. The Labute approximate surface area is 85.5 Å². The van der Waals surface area contributed by atoms with Crippen molar-refractivity contribution in [1.29, 1.82) is 0 Å². The van der Waals surface area contributed by atoms with Crippen molar-refractivity contribution >= 4 is 25.5 Å². The zero-order chi connectivity index (χ0) is 9.90. The average molecular weight is 212 g/mol. The van der Waals surface area contributed by atoms with E-state index < -0.39 is 8.24 Å². The SMILES string of the molecule is C=C[Si](C)(C)Nc1cccc(Cl)c1. The number of halogens is 1. The predicted octanol–water partition coefficient (Wildman–Crippen LogP) is 3.68. The normalized spacial score (nSPS) is 11.0. The van der Waals surface area contributed by atoms with Gasteiger partial charge in [0.05, 0.1) is 0 Å². The third kappa shape index (κ3) is 3.25. The Bertz CT molecular complexity index is 310. The Morgan fingerprint density at radius 2 is 2.15 bits per heavy atom. The molecular weight excluding hydrogens is 198 g/mol. The Morgan fingerprint density at radius 1 is 1.46 bits per heavy atom. The molecule has 0 unspecified atom stereocenters. The van der Waals surface area contributed by atoms with Gasteiger partial charge in [0, 0.05) is 10.7 Å². The van der Waals surface area contributed by atoms with Crippen LogP contribution in [0, 0.1) is 0 Å². The van der Waals surface area contributed by atoms with Crippen LogP contribution in [0.25, 0.3) is 0 Å². The highest BCUT2D eigenvalue weighted by atomic mass is 35.5. The van der Waals surface area contributed by atoms with E-state index in [1.807, 2.05) is 30.0 Å². The first kappa shape index (κ1) is 10.3. The lowest BCUT2D eigenvalue weighted by Crippen LogP contribution is -2.34. The molecule has 70 valence electrons. The van der Waals surface area contributed by atoms with E-state index in [4.69, 9.17) is 11.6 Å². The van der Waals surface area contributed by atoms with Crippen molar-refractivity contribution in [1.82, 2.24) is 0 Å². The van der Waals surface area contributed by atoms with Gasteiger partial charge in [-0.3, -0.25) is 0 Å². The van der Waals surface area contributed by atoms with Crippen LogP contribution >= 0.6 is 11.6 Å². The molecule has 0 aliphatic carbocycles. The monoisotopic (exact) mass is 211 g/mol. The Morgan fingerprint density at radius 3 is 2.69 bits per heavy atom. The standard InChI is InChI=1S/C10H14ClNSi/c1-4-13(2,3)12-10-7-5-6-9(11)8-10/h4-8,12H,1H2,2-3H3. The molecule has 13 heavy (non-hydrogen) atoms. The molecule has 1 aromatic carbocycles. The summed E-state index contributed by atoms with van der Waals surface area (Å²) in [5.74, 6) is 0. The second-order valence-electron chi connectivity index (χ2n) is 3.56. The molecule has 1 aromatic rings. The van der Waals surface area contributed by atoms with Crippen molar-refractivity contribution in [2.24, 2.45) is 0 Å². The van der Waals surface area contributed by atoms with Crippen LogP contribution in [0.15, 0.2) is 36.5 Å². The molecule has 0 bridgehead atoms. The smallest absolute Gasteiger partial charge is 0.171 e. The highest BCUT2D eigenvalue weighted by Gasteiger charge is 2.15. The van der Waals surface area contributed by atoms with Crippen molar-refractivity contribution in [2.45, 2.75) is 13.1 Å². The fourth-order valence-corrected chi connectivity index (χ4v) is 2.18. The lowest BCUT2D eigenvalue weighted by atomic mass is 10.3. The summed E-state index contributed by atoms with van der Waals surface area (Å²) < 4.78 is 0. The topological polar surface area (TPSA) is 12.0 Å². The minimum atomic E-state index is -1.49. The fourth-order valence-electron chi connectivity index (χ4n) is 0.989. The summed E-state index contributed by atoms with van der Waals surface area (Å²) in [6, 6.07) is 7.76. The average Bonchev–Trinajstić information content (AvgIpc) is 2.03. The van der Waals surface area contributed by atoms with Gasteiger partial charge in [-0.2, -0.15) is 0 Å². The number of anilines is 1. The molecule has 0 spiro atoms. The van der Waals surface area contributed by atoms with Gasteiger partial charge in [-0.15, -0.1) is 6.58 Å². The van der Waals surface area contributed by atoms with Crippen LogP contribution in [0.5, 0.6) is 0 Å². The van der Waals surface area contributed by atoms with Gasteiger partial charge in [0.15, 0.2) is 8.24 Å². The second kappa shape index (κ2) is 3.98. The van der Waals surface area contributed by atoms with Gasteiger partial charge in [-0.1, -0.05) is 23.4 Å². The molecule has 0 saturated carbocycles. The van der Waals surface area contributed by atoms with Crippen LogP contribution in [0.3, 0.4) is 0 Å². The van der Waals surface area contributed by atoms with Gasteiger partial charge < -0.3 is 4.98 Å². The van der Waals surface area contributed by atoms with E-state index in [1.54, 1.807) is 0 Å². The van der Waals surface area contributed by atoms with E-state index in [2.05, 4.69) is 24.7 Å². The van der Waals surface area contributed by atoms with Crippen molar-refractivity contribution < 1.29 is 0 Å². The van der Waals surface area contributed by atoms with E-state index in [1.165, 1.54) is 0 Å². The van der Waals surface area contributed by atoms with E-state index in [0.717, 1.165) is 10.7 Å². The molecule has 0 aromatic heterocycles. The fraction of sp³-hybridized carbons (Fsp3) is 0.200. The molecule has 0 aliphatic heterocycles. The Kier molecular flexibility index (Phi) is 3.17. The summed E-state index contributed by atoms with van der Waals surface area (Å²) in [6.45, 7) is 8.21. The molecule has 1 rings (SSSR count). The van der Waals surface area contributed by atoms with Crippen LogP contribution in [0.2, 0.25) is 18.1 Å². The van der Waals surface area contributed by atoms with Gasteiger partial charge in [-0.25, -0.2) is 0 Å². The minimum absolute atomic E-state index is 0.763. The van der Waals surface area contributed by atoms with E-state index in [9.17, 15) is 0 Å². The zero-order valence-corrected chi connectivity index (χ0v) is 9.73. The van der Waals surface area contributed by atoms with E-state index >= 15 is 0 Å². The summed E-state index contributed by atoms with van der Waals surface area (Å²) in [6.07, 6.45) is 0. The minimum Gasteiger partial charge on any atom is -0.407 e.